The zero-order valence-electron chi connectivity index (χ0n) is 13.7. The number of sulfone groups is 1. The molecule has 2 N–H and O–H groups in total. The Hall–Kier alpha value is -2.16. The van der Waals surface area contributed by atoms with Crippen LogP contribution >= 0.6 is 23.4 Å². The average Bonchev–Trinajstić information content (AvgIpc) is 2.94. The van der Waals surface area contributed by atoms with Crippen LogP contribution in [0.4, 0.5) is 0 Å². The van der Waals surface area contributed by atoms with Crippen molar-refractivity contribution in [3.05, 3.63) is 47.1 Å². The van der Waals surface area contributed by atoms with Crippen molar-refractivity contribution in [3.63, 3.8) is 0 Å². The number of carbonyl (C=O) groups is 1. The first-order valence-electron chi connectivity index (χ1n) is 7.31. The molecule has 0 saturated carbocycles. The Balaban J connectivity index is 2.15. The van der Waals surface area contributed by atoms with Gasteiger partial charge in [-0.1, -0.05) is 29.4 Å². The third-order valence-corrected chi connectivity index (χ3v) is 6.45. The van der Waals surface area contributed by atoms with Crippen LogP contribution in [-0.4, -0.2) is 37.8 Å². The summed E-state index contributed by atoms with van der Waals surface area (Å²) in [5.41, 5.74) is 0.403. The molecule has 0 bridgehead atoms. The van der Waals surface area contributed by atoms with Gasteiger partial charge in [0.05, 0.1) is 21.9 Å². The molecule has 26 heavy (non-hydrogen) atoms. The maximum absolute atomic E-state index is 11.7. The summed E-state index contributed by atoms with van der Waals surface area (Å²) in [6, 6.07) is 9.58. The molecule has 0 spiro atoms. The summed E-state index contributed by atoms with van der Waals surface area (Å²) in [5, 5.41) is 10.5. The monoisotopic (exact) mass is 411 g/mol. The van der Waals surface area contributed by atoms with Crippen LogP contribution in [0, 0.1) is 0 Å². The SMILES string of the molecule is COc1ccc(Sc2c(C(=O)O)[nH]c3cc(S(C)(=O)=O)ccc23)c(Cl)c1. The Morgan fingerprint density at radius 2 is 1.96 bits per heavy atom. The number of nitrogens with one attached hydrogen (secondary N) is 1. The van der Waals surface area contributed by atoms with E-state index in [9.17, 15) is 18.3 Å². The van der Waals surface area contributed by atoms with Crippen molar-refractivity contribution >= 4 is 50.1 Å². The minimum absolute atomic E-state index is 0.0254. The molecule has 6 nitrogen and oxygen atoms in total. The Bertz CT molecular complexity index is 1120. The van der Waals surface area contributed by atoms with Gasteiger partial charge in [0, 0.05) is 22.1 Å². The van der Waals surface area contributed by atoms with Crippen molar-refractivity contribution in [1.82, 2.24) is 4.98 Å². The lowest BCUT2D eigenvalue weighted by atomic mass is 10.2. The second kappa shape index (κ2) is 6.86. The van der Waals surface area contributed by atoms with Gasteiger partial charge < -0.3 is 14.8 Å². The molecule has 3 rings (SSSR count). The fraction of sp³-hybridized carbons (Fsp3) is 0.118. The maximum atomic E-state index is 11.7. The van der Waals surface area contributed by atoms with E-state index in [0.29, 0.717) is 31.5 Å². The van der Waals surface area contributed by atoms with E-state index in [1.807, 2.05) is 0 Å². The second-order valence-corrected chi connectivity index (χ2v) is 8.99. The summed E-state index contributed by atoms with van der Waals surface area (Å²) in [7, 11) is -1.87. The van der Waals surface area contributed by atoms with E-state index in [4.69, 9.17) is 16.3 Å². The van der Waals surface area contributed by atoms with Crippen LogP contribution in [0.3, 0.4) is 0 Å². The lowest BCUT2D eigenvalue weighted by molar-refractivity contribution is 0.0687. The van der Waals surface area contributed by atoms with E-state index in [1.54, 1.807) is 24.3 Å². The van der Waals surface area contributed by atoms with Gasteiger partial charge in [-0.3, -0.25) is 0 Å². The van der Waals surface area contributed by atoms with E-state index in [2.05, 4.69) is 4.98 Å². The first-order valence-corrected chi connectivity index (χ1v) is 10.4. The molecule has 0 amide bonds. The highest BCUT2D eigenvalue weighted by Crippen LogP contribution is 2.41. The number of H-pyrrole nitrogens is 1. The number of hydrogen-bond donors (Lipinski definition) is 2. The van der Waals surface area contributed by atoms with Crippen LogP contribution < -0.4 is 4.74 Å². The van der Waals surface area contributed by atoms with Gasteiger partial charge in [0.1, 0.15) is 11.4 Å². The van der Waals surface area contributed by atoms with E-state index >= 15 is 0 Å². The Labute approximate surface area is 159 Å². The van der Waals surface area contributed by atoms with E-state index in [-0.39, 0.29) is 10.6 Å². The molecule has 0 radical (unpaired) electrons. The van der Waals surface area contributed by atoms with Crippen molar-refractivity contribution in [2.75, 3.05) is 13.4 Å². The number of carboxylic acid groups (broad SMARTS) is 1. The topological polar surface area (TPSA) is 96.5 Å². The standard InChI is InChI=1S/C17H14ClNO5S2/c1-24-9-3-6-14(12(18)7-9)25-16-11-5-4-10(26(2,22)23)8-13(11)19-15(16)17(20)21/h3-8,19H,1-2H3,(H,20,21). The van der Waals surface area contributed by atoms with Crippen molar-refractivity contribution in [2.24, 2.45) is 0 Å². The molecule has 3 aromatic rings. The van der Waals surface area contributed by atoms with Crippen molar-refractivity contribution in [3.8, 4) is 5.75 Å². The maximum Gasteiger partial charge on any atom is 0.353 e. The Morgan fingerprint density at radius 3 is 2.54 bits per heavy atom. The van der Waals surface area contributed by atoms with Gasteiger partial charge in [-0.15, -0.1) is 0 Å². The number of rotatable bonds is 5. The molecular weight excluding hydrogens is 398 g/mol. The number of aromatic carboxylic acids is 1. The van der Waals surface area contributed by atoms with Crippen LogP contribution in [-0.2, 0) is 9.84 Å². The third kappa shape index (κ3) is 3.53. The van der Waals surface area contributed by atoms with Crippen LogP contribution in [0.5, 0.6) is 5.75 Å². The Morgan fingerprint density at radius 1 is 1.23 bits per heavy atom. The highest BCUT2D eigenvalue weighted by molar-refractivity contribution is 7.99. The number of fused-ring (bicyclic) bond motifs is 1. The van der Waals surface area contributed by atoms with Gasteiger partial charge in [-0.2, -0.15) is 0 Å². The van der Waals surface area contributed by atoms with E-state index in [1.165, 1.54) is 31.0 Å². The summed E-state index contributed by atoms with van der Waals surface area (Å²) < 4.78 is 28.6. The second-order valence-electron chi connectivity index (χ2n) is 5.51. The highest BCUT2D eigenvalue weighted by Gasteiger charge is 2.20. The molecule has 0 aliphatic heterocycles. The smallest absolute Gasteiger partial charge is 0.353 e. The predicted molar refractivity (Wildman–Crippen MR) is 100 cm³/mol. The van der Waals surface area contributed by atoms with Gasteiger partial charge in [0.25, 0.3) is 0 Å². The van der Waals surface area contributed by atoms with Gasteiger partial charge in [-0.05, 0) is 30.3 Å². The van der Waals surface area contributed by atoms with Gasteiger partial charge >= 0.3 is 5.97 Å². The molecule has 9 heteroatoms. The number of aromatic amines is 1. The zero-order chi connectivity index (χ0) is 19.1. The molecule has 2 aromatic carbocycles. The number of ether oxygens (including phenoxy) is 1. The predicted octanol–water partition coefficient (Wildman–Crippen LogP) is 4.08. The first-order chi connectivity index (χ1) is 12.2. The van der Waals surface area contributed by atoms with Gasteiger partial charge in [-0.25, -0.2) is 13.2 Å². The molecule has 136 valence electrons. The molecular formula is C17H14ClNO5S2. The minimum Gasteiger partial charge on any atom is -0.497 e. The fourth-order valence-electron chi connectivity index (χ4n) is 2.44. The van der Waals surface area contributed by atoms with Gasteiger partial charge in [0.2, 0.25) is 0 Å². The third-order valence-electron chi connectivity index (χ3n) is 3.72. The van der Waals surface area contributed by atoms with E-state index in [0.717, 1.165) is 6.26 Å². The number of methoxy groups -OCH3 is 1. The largest absolute Gasteiger partial charge is 0.497 e. The number of benzene rings is 2. The molecule has 0 fully saturated rings. The molecule has 0 saturated heterocycles. The molecule has 1 heterocycles. The first kappa shape index (κ1) is 18.6. The fourth-order valence-corrected chi connectivity index (χ4v) is 4.41. The number of halogens is 1. The van der Waals surface area contributed by atoms with Crippen LogP contribution in [0.15, 0.2) is 51.1 Å². The minimum atomic E-state index is -3.40. The Kier molecular flexibility index (Phi) is 4.92. The quantitative estimate of drug-likeness (QED) is 0.656. The number of carboxylic acids is 1. The van der Waals surface area contributed by atoms with Crippen LogP contribution in [0.25, 0.3) is 10.9 Å². The molecule has 0 aliphatic carbocycles. The van der Waals surface area contributed by atoms with Gasteiger partial charge in [0.15, 0.2) is 9.84 Å². The van der Waals surface area contributed by atoms with Crippen molar-refractivity contribution < 1.29 is 23.1 Å². The highest BCUT2D eigenvalue weighted by atomic mass is 35.5. The summed E-state index contributed by atoms with van der Waals surface area (Å²) in [4.78, 5) is 15.6. The molecule has 0 atom stereocenters. The summed E-state index contributed by atoms with van der Waals surface area (Å²) >= 11 is 7.44. The van der Waals surface area contributed by atoms with Crippen LogP contribution in [0.1, 0.15) is 10.5 Å². The van der Waals surface area contributed by atoms with Crippen molar-refractivity contribution in [1.29, 1.82) is 0 Å². The number of aromatic nitrogens is 1. The normalized spacial score (nSPS) is 11.7. The van der Waals surface area contributed by atoms with Crippen LogP contribution in [0.2, 0.25) is 5.02 Å². The summed E-state index contributed by atoms with van der Waals surface area (Å²) in [6.45, 7) is 0. The molecule has 0 unspecified atom stereocenters. The average molecular weight is 412 g/mol. The zero-order valence-corrected chi connectivity index (χ0v) is 16.1. The number of hydrogen-bond acceptors (Lipinski definition) is 5. The molecule has 1 aromatic heterocycles. The lowest BCUT2D eigenvalue weighted by Gasteiger charge is -2.07. The van der Waals surface area contributed by atoms with Crippen molar-refractivity contribution in [2.45, 2.75) is 14.7 Å². The van der Waals surface area contributed by atoms with E-state index < -0.39 is 15.8 Å². The molecule has 0 aliphatic rings. The summed E-state index contributed by atoms with van der Waals surface area (Å²) in [5.74, 6) is -0.552. The lowest BCUT2D eigenvalue weighted by Crippen LogP contribution is -1.98. The summed E-state index contributed by atoms with van der Waals surface area (Å²) in [6.07, 6.45) is 1.10.